The summed E-state index contributed by atoms with van der Waals surface area (Å²) in [6, 6.07) is 5.61. The predicted molar refractivity (Wildman–Crippen MR) is 105 cm³/mol. The molecule has 5 nitrogen and oxygen atoms in total. The lowest BCUT2D eigenvalue weighted by Crippen LogP contribution is -2.28. The highest BCUT2D eigenvalue weighted by Gasteiger charge is 2.15. The third-order valence-corrected chi connectivity index (χ3v) is 4.54. The summed E-state index contributed by atoms with van der Waals surface area (Å²) in [5.74, 6) is 0.593. The molecule has 0 aliphatic carbocycles. The standard InChI is InChI=1S/C19H29N3O2.ClH/c1-13(2)19(24)21-16-6-4-14(3)17(12-16)22-18(23)7-5-15-8-10-20-11-9-15;/h4,6,12-13,15,20H,5,7-11H2,1-3H3,(H,21,24)(H,22,23);1H. The van der Waals surface area contributed by atoms with Gasteiger partial charge in [-0.3, -0.25) is 9.59 Å². The first-order valence-corrected chi connectivity index (χ1v) is 8.88. The zero-order chi connectivity index (χ0) is 17.5. The Morgan fingerprint density at radius 3 is 2.52 bits per heavy atom. The molecule has 0 spiro atoms. The summed E-state index contributed by atoms with van der Waals surface area (Å²) in [6.45, 7) is 7.78. The summed E-state index contributed by atoms with van der Waals surface area (Å²) < 4.78 is 0. The van der Waals surface area contributed by atoms with Crippen LogP contribution in [0.15, 0.2) is 18.2 Å². The Balaban J connectivity index is 0.00000312. The van der Waals surface area contributed by atoms with E-state index in [-0.39, 0.29) is 30.1 Å². The fraction of sp³-hybridized carbons (Fsp3) is 0.579. The molecule has 1 aromatic carbocycles. The molecule has 0 saturated carbocycles. The molecule has 0 aromatic heterocycles. The summed E-state index contributed by atoms with van der Waals surface area (Å²) in [5.41, 5.74) is 2.48. The zero-order valence-corrected chi connectivity index (χ0v) is 16.2. The number of nitrogens with one attached hydrogen (secondary N) is 3. The second-order valence-electron chi connectivity index (χ2n) is 6.95. The summed E-state index contributed by atoms with van der Waals surface area (Å²) in [6.07, 6.45) is 3.80. The highest BCUT2D eigenvalue weighted by Crippen LogP contribution is 2.22. The number of hydrogen-bond acceptors (Lipinski definition) is 3. The van der Waals surface area contributed by atoms with Gasteiger partial charge in [0.25, 0.3) is 0 Å². The number of carbonyl (C=O) groups excluding carboxylic acids is 2. The van der Waals surface area contributed by atoms with E-state index in [0.717, 1.165) is 43.6 Å². The van der Waals surface area contributed by atoms with Crippen LogP contribution in [-0.4, -0.2) is 24.9 Å². The van der Waals surface area contributed by atoms with Crippen LogP contribution < -0.4 is 16.0 Å². The van der Waals surface area contributed by atoms with Gasteiger partial charge in [0.2, 0.25) is 11.8 Å². The average molecular weight is 368 g/mol. The lowest BCUT2D eigenvalue weighted by molar-refractivity contribution is -0.119. The van der Waals surface area contributed by atoms with Crippen molar-refractivity contribution in [1.82, 2.24) is 5.32 Å². The van der Waals surface area contributed by atoms with E-state index in [1.165, 1.54) is 0 Å². The van der Waals surface area contributed by atoms with E-state index in [4.69, 9.17) is 0 Å². The van der Waals surface area contributed by atoms with Crippen molar-refractivity contribution >= 4 is 35.6 Å². The molecule has 0 bridgehead atoms. The first kappa shape index (κ1) is 21.5. The van der Waals surface area contributed by atoms with Crippen molar-refractivity contribution < 1.29 is 9.59 Å². The number of amides is 2. The molecule has 1 aromatic rings. The van der Waals surface area contributed by atoms with Crippen LogP contribution in [-0.2, 0) is 9.59 Å². The van der Waals surface area contributed by atoms with Crippen molar-refractivity contribution in [3.05, 3.63) is 23.8 Å². The van der Waals surface area contributed by atoms with Crippen molar-refractivity contribution in [3.8, 4) is 0 Å². The highest BCUT2D eigenvalue weighted by atomic mass is 35.5. The molecule has 2 rings (SSSR count). The smallest absolute Gasteiger partial charge is 0.226 e. The van der Waals surface area contributed by atoms with Crippen LogP contribution in [0.3, 0.4) is 0 Å². The van der Waals surface area contributed by atoms with E-state index in [9.17, 15) is 9.59 Å². The molecule has 140 valence electrons. The van der Waals surface area contributed by atoms with Crippen LogP contribution in [0.5, 0.6) is 0 Å². The second-order valence-corrected chi connectivity index (χ2v) is 6.95. The lowest BCUT2D eigenvalue weighted by atomic mass is 9.93. The first-order chi connectivity index (χ1) is 11.5. The molecule has 1 fully saturated rings. The van der Waals surface area contributed by atoms with Crippen LogP contribution in [0.4, 0.5) is 11.4 Å². The summed E-state index contributed by atoms with van der Waals surface area (Å²) >= 11 is 0. The SMILES string of the molecule is Cc1ccc(NC(=O)C(C)C)cc1NC(=O)CCC1CCNCC1.Cl. The van der Waals surface area contributed by atoms with E-state index in [1.54, 1.807) is 0 Å². The van der Waals surface area contributed by atoms with Crippen molar-refractivity contribution in [2.45, 2.75) is 46.5 Å². The molecular formula is C19H30ClN3O2. The maximum atomic E-state index is 12.2. The normalized spacial score (nSPS) is 14.7. The minimum Gasteiger partial charge on any atom is -0.326 e. The van der Waals surface area contributed by atoms with Crippen molar-refractivity contribution in [2.75, 3.05) is 23.7 Å². The van der Waals surface area contributed by atoms with Crippen molar-refractivity contribution in [2.24, 2.45) is 11.8 Å². The van der Waals surface area contributed by atoms with E-state index in [1.807, 2.05) is 39.0 Å². The number of aryl methyl sites for hydroxylation is 1. The highest BCUT2D eigenvalue weighted by molar-refractivity contribution is 5.95. The van der Waals surface area contributed by atoms with Crippen LogP contribution in [0.1, 0.15) is 45.1 Å². The van der Waals surface area contributed by atoms with Gasteiger partial charge in [0.15, 0.2) is 0 Å². The summed E-state index contributed by atoms with van der Waals surface area (Å²) in [4.78, 5) is 24.0. The molecular weight excluding hydrogens is 338 g/mol. The average Bonchev–Trinajstić information content (AvgIpc) is 2.57. The minimum atomic E-state index is -0.0747. The Bertz CT molecular complexity index is 584. The lowest BCUT2D eigenvalue weighted by Gasteiger charge is -2.22. The number of benzene rings is 1. The fourth-order valence-electron chi connectivity index (χ4n) is 2.84. The summed E-state index contributed by atoms with van der Waals surface area (Å²) in [7, 11) is 0. The number of rotatable bonds is 6. The topological polar surface area (TPSA) is 70.2 Å². The molecule has 0 atom stereocenters. The molecule has 2 amide bonds. The minimum absolute atomic E-state index is 0. The Morgan fingerprint density at radius 1 is 1.20 bits per heavy atom. The number of halogens is 1. The molecule has 0 unspecified atom stereocenters. The van der Waals surface area contributed by atoms with Crippen LogP contribution in [0.25, 0.3) is 0 Å². The van der Waals surface area contributed by atoms with Gasteiger partial charge in [-0.1, -0.05) is 19.9 Å². The van der Waals surface area contributed by atoms with Gasteiger partial charge in [-0.2, -0.15) is 0 Å². The van der Waals surface area contributed by atoms with E-state index >= 15 is 0 Å². The Hall–Kier alpha value is -1.59. The number of piperidine rings is 1. The molecule has 1 aliphatic rings. The van der Waals surface area contributed by atoms with E-state index < -0.39 is 0 Å². The monoisotopic (exact) mass is 367 g/mol. The van der Waals surface area contributed by atoms with Gasteiger partial charge in [0.05, 0.1) is 0 Å². The van der Waals surface area contributed by atoms with Gasteiger partial charge in [-0.05, 0) is 62.9 Å². The van der Waals surface area contributed by atoms with E-state index in [0.29, 0.717) is 18.0 Å². The van der Waals surface area contributed by atoms with Gasteiger partial charge < -0.3 is 16.0 Å². The van der Waals surface area contributed by atoms with Crippen molar-refractivity contribution in [3.63, 3.8) is 0 Å². The fourth-order valence-corrected chi connectivity index (χ4v) is 2.84. The van der Waals surface area contributed by atoms with Gasteiger partial charge >= 0.3 is 0 Å². The molecule has 3 N–H and O–H groups in total. The number of carbonyl (C=O) groups is 2. The number of anilines is 2. The Kier molecular flexibility index (Phi) is 8.93. The molecule has 6 heteroatoms. The largest absolute Gasteiger partial charge is 0.326 e. The molecule has 0 radical (unpaired) electrons. The zero-order valence-electron chi connectivity index (χ0n) is 15.4. The van der Waals surface area contributed by atoms with E-state index in [2.05, 4.69) is 16.0 Å². The third kappa shape index (κ3) is 7.04. The Morgan fingerprint density at radius 2 is 1.88 bits per heavy atom. The van der Waals surface area contributed by atoms with Gasteiger partial charge in [0.1, 0.15) is 0 Å². The van der Waals surface area contributed by atoms with Gasteiger partial charge in [-0.25, -0.2) is 0 Å². The van der Waals surface area contributed by atoms with Gasteiger partial charge in [-0.15, -0.1) is 12.4 Å². The third-order valence-electron chi connectivity index (χ3n) is 4.54. The van der Waals surface area contributed by atoms with Crippen LogP contribution in [0.2, 0.25) is 0 Å². The number of hydrogen-bond donors (Lipinski definition) is 3. The quantitative estimate of drug-likeness (QED) is 0.717. The maximum absolute atomic E-state index is 12.2. The summed E-state index contributed by atoms with van der Waals surface area (Å²) in [5, 5.41) is 9.20. The van der Waals surface area contributed by atoms with Crippen LogP contribution in [0, 0.1) is 18.8 Å². The predicted octanol–water partition coefficient (Wildman–Crippen LogP) is 3.73. The maximum Gasteiger partial charge on any atom is 0.226 e. The van der Waals surface area contributed by atoms with Crippen molar-refractivity contribution in [1.29, 1.82) is 0 Å². The molecule has 25 heavy (non-hydrogen) atoms. The van der Waals surface area contributed by atoms with Gasteiger partial charge in [0, 0.05) is 23.7 Å². The molecule has 1 heterocycles. The first-order valence-electron chi connectivity index (χ1n) is 8.88. The van der Waals surface area contributed by atoms with Crippen LogP contribution >= 0.6 is 12.4 Å². The molecule has 1 saturated heterocycles. The Labute approximate surface area is 156 Å². The second kappa shape index (κ2) is 10.4. The molecule has 1 aliphatic heterocycles.